The van der Waals surface area contributed by atoms with Crippen molar-refractivity contribution < 1.29 is 19.1 Å². The number of esters is 2. The number of rotatable bonds is 8. The van der Waals surface area contributed by atoms with Crippen molar-refractivity contribution in [1.29, 1.82) is 0 Å². The molecule has 0 N–H and O–H groups in total. The van der Waals surface area contributed by atoms with Gasteiger partial charge in [-0.15, -0.1) is 23.2 Å². The van der Waals surface area contributed by atoms with E-state index >= 15 is 0 Å². The fraction of sp³-hybridized carbons (Fsp3) is 0.429. The molecular formula is C14H16Cl2O4. The Balaban J connectivity index is 2.10. The van der Waals surface area contributed by atoms with Crippen LogP contribution in [0.3, 0.4) is 0 Å². The van der Waals surface area contributed by atoms with Crippen molar-refractivity contribution in [2.24, 2.45) is 0 Å². The fourth-order valence-electron chi connectivity index (χ4n) is 1.43. The van der Waals surface area contributed by atoms with E-state index < -0.39 is 16.8 Å². The molecule has 0 atom stereocenters. The third kappa shape index (κ3) is 8.02. The van der Waals surface area contributed by atoms with Crippen LogP contribution in [0.4, 0.5) is 0 Å². The highest BCUT2D eigenvalue weighted by Crippen LogP contribution is 2.04. The first kappa shape index (κ1) is 16.8. The Morgan fingerprint density at radius 2 is 1.60 bits per heavy atom. The summed E-state index contributed by atoms with van der Waals surface area (Å²) in [6, 6.07) is 9.69. The number of halogens is 2. The lowest BCUT2D eigenvalue weighted by Crippen LogP contribution is -2.14. The average Bonchev–Trinajstić information content (AvgIpc) is 2.44. The molecule has 0 heterocycles. The topological polar surface area (TPSA) is 52.6 Å². The van der Waals surface area contributed by atoms with Gasteiger partial charge in [-0.25, -0.2) is 0 Å². The van der Waals surface area contributed by atoms with Gasteiger partial charge in [0, 0.05) is 6.42 Å². The second-order valence-corrected chi connectivity index (χ2v) is 5.31. The average molecular weight is 319 g/mol. The maximum Gasteiger partial charge on any atom is 0.306 e. The fourth-order valence-corrected chi connectivity index (χ4v) is 1.56. The molecule has 1 rings (SSSR count). The van der Waals surface area contributed by atoms with E-state index in [2.05, 4.69) is 0 Å². The predicted molar refractivity (Wildman–Crippen MR) is 76.8 cm³/mol. The van der Waals surface area contributed by atoms with Crippen LogP contribution >= 0.6 is 23.2 Å². The Morgan fingerprint density at radius 3 is 2.20 bits per heavy atom. The Labute approximate surface area is 128 Å². The number of ether oxygens (including phenoxy) is 2. The molecule has 0 aliphatic carbocycles. The SMILES string of the molecule is O=C(CCC(=O)OCC(Cl)Cl)OCCc1ccccc1. The van der Waals surface area contributed by atoms with Crippen molar-refractivity contribution in [3.05, 3.63) is 35.9 Å². The molecule has 6 heteroatoms. The van der Waals surface area contributed by atoms with Crippen LogP contribution < -0.4 is 0 Å². The molecule has 0 aliphatic rings. The zero-order chi connectivity index (χ0) is 14.8. The van der Waals surface area contributed by atoms with E-state index in [0.29, 0.717) is 13.0 Å². The first-order chi connectivity index (χ1) is 9.58. The maximum atomic E-state index is 11.4. The van der Waals surface area contributed by atoms with Crippen LogP contribution in [0.25, 0.3) is 0 Å². The van der Waals surface area contributed by atoms with Crippen LogP contribution in [0.15, 0.2) is 30.3 Å². The molecule has 0 saturated carbocycles. The van der Waals surface area contributed by atoms with Gasteiger partial charge in [0.15, 0.2) is 0 Å². The van der Waals surface area contributed by atoms with Crippen LogP contribution in [0.5, 0.6) is 0 Å². The Morgan fingerprint density at radius 1 is 1.00 bits per heavy atom. The van der Waals surface area contributed by atoms with E-state index in [-0.39, 0.29) is 19.4 Å². The summed E-state index contributed by atoms with van der Waals surface area (Å²) in [5.41, 5.74) is 1.09. The number of carbonyl (C=O) groups excluding carboxylic acids is 2. The number of hydrogen-bond donors (Lipinski definition) is 0. The van der Waals surface area contributed by atoms with Crippen molar-refractivity contribution in [2.45, 2.75) is 24.1 Å². The smallest absolute Gasteiger partial charge is 0.306 e. The zero-order valence-electron chi connectivity index (χ0n) is 10.9. The summed E-state index contributed by atoms with van der Waals surface area (Å²) in [5, 5.41) is 0. The monoisotopic (exact) mass is 318 g/mol. The first-order valence-electron chi connectivity index (χ1n) is 6.21. The van der Waals surface area contributed by atoms with Gasteiger partial charge in [0.05, 0.1) is 19.4 Å². The summed E-state index contributed by atoms with van der Waals surface area (Å²) in [7, 11) is 0. The molecule has 110 valence electrons. The first-order valence-corrected chi connectivity index (χ1v) is 7.08. The lowest BCUT2D eigenvalue weighted by molar-refractivity contribution is -0.150. The minimum atomic E-state index is -0.753. The minimum absolute atomic E-state index is 0.0111. The summed E-state index contributed by atoms with van der Waals surface area (Å²) in [6.07, 6.45) is 0.602. The summed E-state index contributed by atoms with van der Waals surface area (Å²) in [5.74, 6) is -0.942. The Hall–Kier alpha value is -1.26. The van der Waals surface area contributed by atoms with Gasteiger partial charge in [0.2, 0.25) is 0 Å². The van der Waals surface area contributed by atoms with Crippen molar-refractivity contribution in [3.63, 3.8) is 0 Å². The van der Waals surface area contributed by atoms with Gasteiger partial charge < -0.3 is 9.47 Å². The van der Waals surface area contributed by atoms with E-state index in [1.165, 1.54) is 0 Å². The van der Waals surface area contributed by atoms with Crippen LogP contribution in [0.1, 0.15) is 18.4 Å². The number of benzene rings is 1. The second-order valence-electron chi connectivity index (χ2n) is 4.03. The van der Waals surface area contributed by atoms with Gasteiger partial charge in [-0.1, -0.05) is 30.3 Å². The highest BCUT2D eigenvalue weighted by Gasteiger charge is 2.10. The third-order valence-electron chi connectivity index (χ3n) is 2.40. The lowest BCUT2D eigenvalue weighted by atomic mass is 10.2. The summed E-state index contributed by atoms with van der Waals surface area (Å²) >= 11 is 10.8. The molecule has 0 amide bonds. The largest absolute Gasteiger partial charge is 0.465 e. The molecular weight excluding hydrogens is 303 g/mol. The predicted octanol–water partition coefficient (Wildman–Crippen LogP) is 2.90. The molecule has 4 nitrogen and oxygen atoms in total. The van der Waals surface area contributed by atoms with Gasteiger partial charge >= 0.3 is 11.9 Å². The van der Waals surface area contributed by atoms with Crippen LogP contribution in [0.2, 0.25) is 0 Å². The van der Waals surface area contributed by atoms with Crippen LogP contribution in [-0.2, 0) is 25.5 Å². The van der Waals surface area contributed by atoms with E-state index in [1.807, 2.05) is 30.3 Å². The van der Waals surface area contributed by atoms with Gasteiger partial charge in [-0.2, -0.15) is 0 Å². The summed E-state index contributed by atoms with van der Waals surface area (Å²) in [6.45, 7) is 0.217. The molecule has 0 aromatic heterocycles. The quantitative estimate of drug-likeness (QED) is 0.546. The third-order valence-corrected chi connectivity index (χ3v) is 2.65. The molecule has 20 heavy (non-hydrogen) atoms. The van der Waals surface area contributed by atoms with Gasteiger partial charge in [0.25, 0.3) is 0 Å². The standard InChI is InChI=1S/C14H16Cl2O4/c15-12(16)10-20-14(18)7-6-13(17)19-9-8-11-4-2-1-3-5-11/h1-5,12H,6-10H2. The van der Waals surface area contributed by atoms with Crippen molar-refractivity contribution in [2.75, 3.05) is 13.2 Å². The molecule has 1 aromatic carbocycles. The summed E-state index contributed by atoms with van der Waals surface area (Å²) in [4.78, 5) is 21.8. The zero-order valence-corrected chi connectivity index (χ0v) is 12.4. The highest BCUT2D eigenvalue weighted by molar-refractivity contribution is 6.44. The van der Waals surface area contributed by atoms with Gasteiger partial charge in [-0.3, -0.25) is 9.59 Å². The van der Waals surface area contributed by atoms with Crippen LogP contribution in [-0.4, -0.2) is 30.0 Å². The van der Waals surface area contributed by atoms with E-state index in [1.54, 1.807) is 0 Å². The van der Waals surface area contributed by atoms with E-state index in [4.69, 9.17) is 32.7 Å². The molecule has 0 saturated heterocycles. The normalized spacial score (nSPS) is 10.3. The Kier molecular flexibility index (Phi) is 8.07. The van der Waals surface area contributed by atoms with Crippen LogP contribution in [0, 0.1) is 0 Å². The summed E-state index contributed by atoms with van der Waals surface area (Å²) < 4.78 is 9.74. The molecule has 0 radical (unpaired) electrons. The maximum absolute atomic E-state index is 11.4. The number of alkyl halides is 2. The highest BCUT2D eigenvalue weighted by atomic mass is 35.5. The van der Waals surface area contributed by atoms with Crippen molar-refractivity contribution in [3.8, 4) is 0 Å². The molecule has 0 spiro atoms. The van der Waals surface area contributed by atoms with Crippen molar-refractivity contribution >= 4 is 35.1 Å². The van der Waals surface area contributed by atoms with Gasteiger partial charge in [-0.05, 0) is 5.56 Å². The lowest BCUT2D eigenvalue weighted by Gasteiger charge is -2.06. The molecule has 0 fully saturated rings. The second kappa shape index (κ2) is 9.61. The minimum Gasteiger partial charge on any atom is -0.465 e. The number of carbonyl (C=O) groups is 2. The van der Waals surface area contributed by atoms with Gasteiger partial charge in [0.1, 0.15) is 11.4 Å². The molecule has 1 aromatic rings. The molecule has 0 aliphatic heterocycles. The molecule has 0 unspecified atom stereocenters. The van der Waals surface area contributed by atoms with E-state index in [0.717, 1.165) is 5.56 Å². The van der Waals surface area contributed by atoms with Crippen molar-refractivity contribution in [1.82, 2.24) is 0 Å². The Bertz CT molecular complexity index is 420. The van der Waals surface area contributed by atoms with E-state index in [9.17, 15) is 9.59 Å². The number of hydrogen-bond acceptors (Lipinski definition) is 4. The molecule has 0 bridgehead atoms.